The Kier molecular flexibility index (Phi) is 3.91. The molecule has 116 valence electrons. The van der Waals surface area contributed by atoms with Crippen molar-refractivity contribution in [2.45, 2.75) is 45.7 Å². The predicted octanol–water partition coefficient (Wildman–Crippen LogP) is 3.58. The van der Waals surface area contributed by atoms with E-state index in [2.05, 4.69) is 18.7 Å². The highest BCUT2D eigenvalue weighted by Crippen LogP contribution is 2.35. The van der Waals surface area contributed by atoms with Crippen molar-refractivity contribution in [2.24, 2.45) is 5.92 Å². The molecule has 2 aliphatic heterocycles. The standard InChI is InChI=1S/C17H24F2N2/c1-11(2)15-10-20-8-4-5-13(20)9-21(15)17-14(18)7-6-12(3)16(17)19/h6-7,11,13,15H,4-5,8-10H2,1-3H3. The Morgan fingerprint density at radius 2 is 1.95 bits per heavy atom. The Labute approximate surface area is 125 Å². The van der Waals surface area contributed by atoms with Crippen molar-refractivity contribution < 1.29 is 8.78 Å². The molecule has 0 aromatic heterocycles. The molecule has 1 aromatic rings. The Bertz CT molecular complexity index is 530. The lowest BCUT2D eigenvalue weighted by Crippen LogP contribution is -2.58. The normalized spacial score (nSPS) is 26.5. The molecule has 0 amide bonds. The predicted molar refractivity (Wildman–Crippen MR) is 81.7 cm³/mol. The molecule has 1 aromatic carbocycles. The molecule has 2 nitrogen and oxygen atoms in total. The number of fused-ring (bicyclic) bond motifs is 1. The van der Waals surface area contributed by atoms with Crippen molar-refractivity contribution in [3.63, 3.8) is 0 Å². The molecular formula is C17H24F2N2. The largest absolute Gasteiger partial charge is 0.361 e. The van der Waals surface area contributed by atoms with Gasteiger partial charge in [0.2, 0.25) is 0 Å². The Morgan fingerprint density at radius 1 is 1.19 bits per heavy atom. The number of anilines is 1. The van der Waals surface area contributed by atoms with Crippen LogP contribution in [0, 0.1) is 24.5 Å². The van der Waals surface area contributed by atoms with Gasteiger partial charge in [0.25, 0.3) is 0 Å². The van der Waals surface area contributed by atoms with Gasteiger partial charge in [-0.25, -0.2) is 8.78 Å². The van der Waals surface area contributed by atoms with E-state index in [1.807, 2.05) is 4.90 Å². The maximum absolute atomic E-state index is 14.5. The van der Waals surface area contributed by atoms with Gasteiger partial charge in [-0.05, 0) is 43.9 Å². The fourth-order valence-corrected chi connectivity index (χ4v) is 3.78. The third-order valence-corrected chi connectivity index (χ3v) is 5.05. The SMILES string of the molecule is Cc1ccc(F)c(N2CC3CCCN3CC2C(C)C)c1F. The van der Waals surface area contributed by atoms with E-state index in [1.54, 1.807) is 6.92 Å². The van der Waals surface area contributed by atoms with Crippen LogP contribution in [-0.4, -0.2) is 36.6 Å². The fraction of sp³-hybridized carbons (Fsp3) is 0.647. The summed E-state index contributed by atoms with van der Waals surface area (Å²) in [6.45, 7) is 8.75. The van der Waals surface area contributed by atoms with Crippen LogP contribution in [0.4, 0.5) is 14.5 Å². The van der Waals surface area contributed by atoms with Crippen molar-refractivity contribution in [3.8, 4) is 0 Å². The minimum absolute atomic E-state index is 0.171. The molecule has 2 heterocycles. The Balaban J connectivity index is 2.00. The monoisotopic (exact) mass is 294 g/mol. The van der Waals surface area contributed by atoms with Crippen LogP contribution in [0.3, 0.4) is 0 Å². The molecule has 0 N–H and O–H groups in total. The molecule has 0 spiro atoms. The van der Waals surface area contributed by atoms with Crippen molar-refractivity contribution in [1.82, 2.24) is 4.90 Å². The molecule has 2 saturated heterocycles. The Morgan fingerprint density at radius 3 is 2.67 bits per heavy atom. The smallest absolute Gasteiger partial charge is 0.152 e. The summed E-state index contributed by atoms with van der Waals surface area (Å²) in [6, 6.07) is 3.53. The van der Waals surface area contributed by atoms with Gasteiger partial charge >= 0.3 is 0 Å². The first-order chi connectivity index (χ1) is 9.99. The number of nitrogens with zero attached hydrogens (tertiary/aromatic N) is 2. The Hall–Kier alpha value is -1.16. The van der Waals surface area contributed by atoms with Crippen LogP contribution in [0.5, 0.6) is 0 Å². The molecule has 2 unspecified atom stereocenters. The zero-order valence-electron chi connectivity index (χ0n) is 13.1. The summed E-state index contributed by atoms with van der Waals surface area (Å²) < 4.78 is 28.8. The minimum Gasteiger partial charge on any atom is -0.361 e. The average Bonchev–Trinajstić information content (AvgIpc) is 2.89. The van der Waals surface area contributed by atoms with E-state index in [4.69, 9.17) is 0 Å². The number of benzene rings is 1. The molecular weight excluding hydrogens is 270 g/mol. The zero-order valence-corrected chi connectivity index (χ0v) is 13.1. The van der Waals surface area contributed by atoms with E-state index in [1.165, 1.54) is 18.6 Å². The highest BCUT2D eigenvalue weighted by Gasteiger charge is 2.39. The fourth-order valence-electron chi connectivity index (χ4n) is 3.78. The van der Waals surface area contributed by atoms with Crippen LogP contribution in [0.25, 0.3) is 0 Å². The van der Waals surface area contributed by atoms with Crippen LogP contribution in [0.1, 0.15) is 32.3 Å². The van der Waals surface area contributed by atoms with Gasteiger partial charge in [0, 0.05) is 25.2 Å². The van der Waals surface area contributed by atoms with E-state index >= 15 is 0 Å². The van der Waals surface area contributed by atoms with Crippen LogP contribution >= 0.6 is 0 Å². The lowest BCUT2D eigenvalue weighted by Gasteiger charge is -2.47. The van der Waals surface area contributed by atoms with Gasteiger partial charge in [-0.15, -0.1) is 0 Å². The minimum atomic E-state index is -0.435. The number of hydrogen-bond acceptors (Lipinski definition) is 2. The van der Waals surface area contributed by atoms with Crippen molar-refractivity contribution in [1.29, 1.82) is 0 Å². The second-order valence-corrected chi connectivity index (χ2v) is 6.78. The summed E-state index contributed by atoms with van der Waals surface area (Å²) in [5, 5.41) is 0. The zero-order chi connectivity index (χ0) is 15.1. The van der Waals surface area contributed by atoms with Gasteiger partial charge < -0.3 is 4.90 Å². The summed E-state index contributed by atoms with van der Waals surface area (Å²) in [5.74, 6) is -0.465. The third-order valence-electron chi connectivity index (χ3n) is 5.05. The van der Waals surface area contributed by atoms with Crippen LogP contribution in [-0.2, 0) is 0 Å². The summed E-state index contributed by atoms with van der Waals surface area (Å²) in [6.07, 6.45) is 2.33. The van der Waals surface area contributed by atoms with E-state index in [0.29, 0.717) is 17.5 Å². The van der Waals surface area contributed by atoms with E-state index in [0.717, 1.165) is 26.1 Å². The van der Waals surface area contributed by atoms with Crippen molar-refractivity contribution in [2.75, 3.05) is 24.5 Å². The van der Waals surface area contributed by atoms with Gasteiger partial charge in [0.05, 0.1) is 0 Å². The van der Waals surface area contributed by atoms with Gasteiger partial charge in [-0.1, -0.05) is 19.9 Å². The van der Waals surface area contributed by atoms with Gasteiger partial charge in [-0.2, -0.15) is 0 Å². The molecule has 2 aliphatic rings. The second-order valence-electron chi connectivity index (χ2n) is 6.78. The number of hydrogen-bond donors (Lipinski definition) is 0. The number of halogens is 2. The first kappa shape index (κ1) is 14.8. The van der Waals surface area contributed by atoms with Crippen molar-refractivity contribution in [3.05, 3.63) is 29.3 Å². The highest BCUT2D eigenvalue weighted by molar-refractivity contribution is 5.53. The summed E-state index contributed by atoms with van der Waals surface area (Å²) in [5.41, 5.74) is 0.697. The quantitative estimate of drug-likeness (QED) is 0.822. The maximum Gasteiger partial charge on any atom is 0.152 e. The number of aryl methyl sites for hydroxylation is 1. The summed E-state index contributed by atoms with van der Waals surface area (Å²) >= 11 is 0. The average molecular weight is 294 g/mol. The van der Waals surface area contributed by atoms with Crippen molar-refractivity contribution >= 4 is 5.69 Å². The molecule has 0 radical (unpaired) electrons. The van der Waals surface area contributed by atoms with Crippen LogP contribution < -0.4 is 4.90 Å². The molecule has 4 heteroatoms. The van der Waals surface area contributed by atoms with E-state index < -0.39 is 11.6 Å². The maximum atomic E-state index is 14.5. The molecule has 21 heavy (non-hydrogen) atoms. The number of piperazine rings is 1. The highest BCUT2D eigenvalue weighted by atomic mass is 19.1. The van der Waals surface area contributed by atoms with Gasteiger partial charge in [0.1, 0.15) is 11.5 Å². The topological polar surface area (TPSA) is 6.48 Å². The van der Waals surface area contributed by atoms with Gasteiger partial charge in [-0.3, -0.25) is 4.90 Å². The van der Waals surface area contributed by atoms with Gasteiger partial charge in [0.15, 0.2) is 5.82 Å². The lowest BCUT2D eigenvalue weighted by atomic mass is 9.96. The molecule has 2 atom stereocenters. The summed E-state index contributed by atoms with van der Waals surface area (Å²) in [7, 11) is 0. The molecule has 0 saturated carbocycles. The lowest BCUT2D eigenvalue weighted by molar-refractivity contribution is 0.175. The van der Waals surface area contributed by atoms with E-state index in [-0.39, 0.29) is 11.7 Å². The summed E-state index contributed by atoms with van der Waals surface area (Å²) in [4.78, 5) is 4.49. The van der Waals surface area contributed by atoms with Crippen LogP contribution in [0.2, 0.25) is 0 Å². The first-order valence-electron chi connectivity index (χ1n) is 7.94. The molecule has 0 aliphatic carbocycles. The number of rotatable bonds is 2. The molecule has 2 fully saturated rings. The van der Waals surface area contributed by atoms with Crippen LogP contribution in [0.15, 0.2) is 12.1 Å². The molecule has 3 rings (SSSR count). The third kappa shape index (κ3) is 2.54. The molecule has 0 bridgehead atoms. The second kappa shape index (κ2) is 5.56. The first-order valence-corrected chi connectivity index (χ1v) is 7.94. The van der Waals surface area contributed by atoms with E-state index in [9.17, 15) is 8.78 Å².